The SMILES string of the molecule is C[C@H](C=O)OC1CCN(C(=O)OC(C)(C)C)CC1. The lowest BCUT2D eigenvalue weighted by Crippen LogP contribution is -2.44. The van der Waals surface area contributed by atoms with Gasteiger partial charge in [0.25, 0.3) is 0 Å². The van der Waals surface area contributed by atoms with Crippen LogP contribution < -0.4 is 0 Å². The first-order valence-electron chi connectivity index (χ1n) is 6.40. The highest BCUT2D eigenvalue weighted by atomic mass is 16.6. The molecule has 1 aliphatic rings. The normalized spacial score (nSPS) is 19.4. The summed E-state index contributed by atoms with van der Waals surface area (Å²) in [5, 5.41) is 0. The minimum absolute atomic E-state index is 0.0592. The van der Waals surface area contributed by atoms with Gasteiger partial charge in [0.05, 0.1) is 6.10 Å². The zero-order chi connectivity index (χ0) is 13.8. The fourth-order valence-electron chi connectivity index (χ4n) is 1.84. The van der Waals surface area contributed by atoms with E-state index in [0.717, 1.165) is 19.1 Å². The van der Waals surface area contributed by atoms with Gasteiger partial charge in [-0.25, -0.2) is 4.79 Å². The second-order valence-corrected chi connectivity index (χ2v) is 5.64. The van der Waals surface area contributed by atoms with Crippen molar-refractivity contribution < 1.29 is 19.1 Å². The Bertz CT molecular complexity index is 290. The van der Waals surface area contributed by atoms with Gasteiger partial charge in [0.15, 0.2) is 0 Å². The largest absolute Gasteiger partial charge is 0.444 e. The molecule has 1 fully saturated rings. The average Bonchev–Trinajstić information content (AvgIpc) is 2.27. The molecule has 0 N–H and O–H groups in total. The summed E-state index contributed by atoms with van der Waals surface area (Å²) in [6, 6.07) is 0. The molecule has 0 saturated carbocycles. The lowest BCUT2D eigenvalue weighted by molar-refractivity contribution is -0.122. The summed E-state index contributed by atoms with van der Waals surface area (Å²) in [5.41, 5.74) is -0.462. The van der Waals surface area contributed by atoms with Gasteiger partial charge in [-0.15, -0.1) is 0 Å². The van der Waals surface area contributed by atoms with Crippen molar-refractivity contribution in [2.45, 2.75) is 58.3 Å². The maximum atomic E-state index is 11.8. The van der Waals surface area contributed by atoms with Crippen LogP contribution in [0.25, 0.3) is 0 Å². The standard InChI is InChI=1S/C13H23NO4/c1-10(9-15)17-11-5-7-14(8-6-11)12(16)18-13(2,3)4/h9-11H,5-8H2,1-4H3/t10-/m1/s1. The highest BCUT2D eigenvalue weighted by Gasteiger charge is 2.27. The summed E-state index contributed by atoms with van der Waals surface area (Å²) in [5.74, 6) is 0. The van der Waals surface area contributed by atoms with Gasteiger partial charge in [-0.2, -0.15) is 0 Å². The van der Waals surface area contributed by atoms with Gasteiger partial charge in [0.2, 0.25) is 0 Å². The number of piperidine rings is 1. The maximum Gasteiger partial charge on any atom is 0.410 e. The van der Waals surface area contributed by atoms with Crippen molar-refractivity contribution in [2.24, 2.45) is 0 Å². The van der Waals surface area contributed by atoms with Crippen LogP contribution in [0.2, 0.25) is 0 Å². The lowest BCUT2D eigenvalue weighted by atomic mass is 10.1. The molecule has 1 atom stereocenters. The van der Waals surface area contributed by atoms with Crippen LogP contribution in [0.5, 0.6) is 0 Å². The van der Waals surface area contributed by atoms with Gasteiger partial charge < -0.3 is 19.2 Å². The molecule has 1 rings (SSSR count). The second kappa shape index (κ2) is 6.18. The zero-order valence-corrected chi connectivity index (χ0v) is 11.6. The Kier molecular flexibility index (Phi) is 5.14. The van der Waals surface area contributed by atoms with Gasteiger partial charge >= 0.3 is 6.09 Å². The van der Waals surface area contributed by atoms with Crippen molar-refractivity contribution in [3.63, 3.8) is 0 Å². The van der Waals surface area contributed by atoms with Crippen molar-refractivity contribution in [1.82, 2.24) is 4.90 Å². The number of likely N-dealkylation sites (tertiary alicyclic amines) is 1. The molecule has 18 heavy (non-hydrogen) atoms. The Labute approximate surface area is 108 Å². The minimum atomic E-state index is -0.462. The molecule has 0 spiro atoms. The second-order valence-electron chi connectivity index (χ2n) is 5.64. The van der Waals surface area contributed by atoms with E-state index in [-0.39, 0.29) is 18.3 Å². The number of carbonyl (C=O) groups excluding carboxylic acids is 2. The fraction of sp³-hybridized carbons (Fsp3) is 0.846. The summed E-state index contributed by atoms with van der Waals surface area (Å²) in [4.78, 5) is 24.0. The van der Waals surface area contributed by atoms with Crippen LogP contribution in [0.4, 0.5) is 4.79 Å². The van der Waals surface area contributed by atoms with Gasteiger partial charge in [-0.05, 0) is 40.5 Å². The van der Waals surface area contributed by atoms with E-state index in [4.69, 9.17) is 9.47 Å². The molecule has 0 unspecified atom stereocenters. The molecule has 5 nitrogen and oxygen atoms in total. The number of amides is 1. The lowest BCUT2D eigenvalue weighted by Gasteiger charge is -2.33. The van der Waals surface area contributed by atoms with Gasteiger partial charge in [0, 0.05) is 13.1 Å². The average molecular weight is 257 g/mol. The highest BCUT2D eigenvalue weighted by Crippen LogP contribution is 2.18. The molecule has 0 aromatic carbocycles. The zero-order valence-electron chi connectivity index (χ0n) is 11.6. The molecule has 1 saturated heterocycles. The fourth-order valence-corrected chi connectivity index (χ4v) is 1.84. The van der Waals surface area contributed by atoms with E-state index in [0.29, 0.717) is 13.1 Å². The van der Waals surface area contributed by atoms with Crippen LogP contribution in [0.15, 0.2) is 0 Å². The van der Waals surface area contributed by atoms with E-state index in [1.165, 1.54) is 0 Å². The van der Waals surface area contributed by atoms with Crippen molar-refractivity contribution in [3.05, 3.63) is 0 Å². The van der Waals surface area contributed by atoms with E-state index >= 15 is 0 Å². The number of aldehydes is 1. The van der Waals surface area contributed by atoms with Crippen LogP contribution in [0.1, 0.15) is 40.5 Å². The third kappa shape index (κ3) is 5.04. The summed E-state index contributed by atoms with van der Waals surface area (Å²) in [6.07, 6.45) is 1.70. The minimum Gasteiger partial charge on any atom is -0.444 e. The Morgan fingerprint density at radius 1 is 1.33 bits per heavy atom. The first-order chi connectivity index (χ1) is 8.31. The van der Waals surface area contributed by atoms with Crippen LogP contribution in [0.3, 0.4) is 0 Å². The Balaban J connectivity index is 2.35. The van der Waals surface area contributed by atoms with Gasteiger partial charge in [-0.1, -0.05) is 0 Å². The van der Waals surface area contributed by atoms with E-state index in [1.54, 1.807) is 11.8 Å². The number of carbonyl (C=O) groups is 2. The van der Waals surface area contributed by atoms with Crippen LogP contribution in [0, 0.1) is 0 Å². The van der Waals surface area contributed by atoms with Crippen molar-refractivity contribution in [2.75, 3.05) is 13.1 Å². The molecular formula is C13H23NO4. The monoisotopic (exact) mass is 257 g/mol. The molecule has 5 heteroatoms. The molecule has 104 valence electrons. The van der Waals surface area contributed by atoms with Gasteiger partial charge in [0.1, 0.15) is 18.0 Å². The highest BCUT2D eigenvalue weighted by molar-refractivity contribution is 5.68. The third-order valence-corrected chi connectivity index (χ3v) is 2.69. The van der Waals surface area contributed by atoms with Crippen molar-refractivity contribution in [3.8, 4) is 0 Å². The molecule has 0 aliphatic carbocycles. The summed E-state index contributed by atoms with van der Waals surface area (Å²) >= 11 is 0. The smallest absolute Gasteiger partial charge is 0.410 e. The first kappa shape index (κ1) is 15.0. The van der Waals surface area contributed by atoms with Crippen LogP contribution in [-0.4, -0.2) is 48.2 Å². The number of hydrogen-bond donors (Lipinski definition) is 0. The molecule has 1 amide bonds. The third-order valence-electron chi connectivity index (χ3n) is 2.69. The van der Waals surface area contributed by atoms with Crippen LogP contribution in [-0.2, 0) is 14.3 Å². The number of rotatable bonds is 3. The molecular weight excluding hydrogens is 234 g/mol. The number of hydrogen-bond acceptors (Lipinski definition) is 4. The molecule has 0 aromatic heterocycles. The number of ether oxygens (including phenoxy) is 2. The predicted molar refractivity (Wildman–Crippen MR) is 67.4 cm³/mol. The summed E-state index contributed by atoms with van der Waals surface area (Å²) < 4.78 is 10.8. The Morgan fingerprint density at radius 3 is 2.33 bits per heavy atom. The van der Waals surface area contributed by atoms with E-state index in [9.17, 15) is 9.59 Å². The Morgan fingerprint density at radius 2 is 1.89 bits per heavy atom. The van der Waals surface area contributed by atoms with Gasteiger partial charge in [-0.3, -0.25) is 0 Å². The molecule has 1 aliphatic heterocycles. The summed E-state index contributed by atoms with van der Waals surface area (Å²) in [7, 11) is 0. The van der Waals surface area contributed by atoms with E-state index < -0.39 is 5.60 Å². The molecule has 0 radical (unpaired) electrons. The predicted octanol–water partition coefficient (Wildman–Crippen LogP) is 1.99. The van der Waals surface area contributed by atoms with Crippen molar-refractivity contribution in [1.29, 1.82) is 0 Å². The number of nitrogens with zero attached hydrogens (tertiary/aromatic N) is 1. The maximum absolute atomic E-state index is 11.8. The topological polar surface area (TPSA) is 55.8 Å². The molecule has 0 bridgehead atoms. The van der Waals surface area contributed by atoms with Crippen molar-refractivity contribution >= 4 is 12.4 Å². The quantitative estimate of drug-likeness (QED) is 0.725. The Hall–Kier alpha value is -1.10. The van der Waals surface area contributed by atoms with Crippen LogP contribution >= 0.6 is 0 Å². The summed E-state index contributed by atoms with van der Waals surface area (Å²) in [6.45, 7) is 8.52. The first-order valence-corrected chi connectivity index (χ1v) is 6.40. The van der Waals surface area contributed by atoms with E-state index in [2.05, 4.69) is 0 Å². The molecule has 0 aromatic rings. The van der Waals surface area contributed by atoms with E-state index in [1.807, 2.05) is 20.8 Å². The molecule has 1 heterocycles.